The van der Waals surface area contributed by atoms with Gasteiger partial charge in [-0.25, -0.2) is 0 Å². The van der Waals surface area contributed by atoms with Crippen LogP contribution in [0.4, 0.5) is 0 Å². The van der Waals surface area contributed by atoms with Crippen LogP contribution in [0.1, 0.15) is 52.4 Å². The smallest absolute Gasteiger partial charge is 0.327 e. The van der Waals surface area contributed by atoms with Gasteiger partial charge in [-0.05, 0) is 44.1 Å². The molecule has 2 rings (SSSR count). The second-order valence-electron chi connectivity index (χ2n) is 6.47. The van der Waals surface area contributed by atoms with Gasteiger partial charge in [0.1, 0.15) is 5.54 Å². The minimum absolute atomic E-state index is 0.0572. The zero-order chi connectivity index (χ0) is 14.6. The summed E-state index contributed by atoms with van der Waals surface area (Å²) in [6.07, 6.45) is 7.64. The first-order valence-corrected chi connectivity index (χ1v) is 9.12. The molecule has 2 saturated carbocycles. The Hall–Kier alpha value is -0.220. The van der Waals surface area contributed by atoms with Crippen molar-refractivity contribution in [3.63, 3.8) is 0 Å². The fraction of sp³-hybridized carbons (Fsp3) is 0.938. The summed E-state index contributed by atoms with van der Waals surface area (Å²) in [5, 5.41) is 4.19. The van der Waals surface area contributed by atoms with Crippen LogP contribution in [0.5, 0.6) is 0 Å². The lowest BCUT2D eigenvalue weighted by atomic mass is 9.90. The summed E-state index contributed by atoms with van der Waals surface area (Å²) in [4.78, 5) is 12.3. The summed E-state index contributed by atoms with van der Waals surface area (Å²) < 4.78 is 5.12. The Morgan fingerprint density at radius 3 is 2.65 bits per heavy atom. The van der Waals surface area contributed by atoms with Gasteiger partial charge in [0.25, 0.3) is 0 Å². The van der Waals surface area contributed by atoms with Gasteiger partial charge in [-0.15, -0.1) is 0 Å². The minimum Gasteiger partial charge on any atom is -0.468 e. The van der Waals surface area contributed by atoms with Gasteiger partial charge in [0.15, 0.2) is 0 Å². The molecule has 0 heterocycles. The number of likely N-dealkylation sites (N-methyl/N-ethyl adjacent to an activating group) is 1. The van der Waals surface area contributed by atoms with Gasteiger partial charge < -0.3 is 10.1 Å². The molecule has 0 bridgehead atoms. The number of hydrogen-bond donors (Lipinski definition) is 1. The second-order valence-corrected chi connectivity index (χ2v) is 7.76. The summed E-state index contributed by atoms with van der Waals surface area (Å²) in [5.41, 5.74) is -0.436. The highest BCUT2D eigenvalue weighted by molar-refractivity contribution is 8.00. The van der Waals surface area contributed by atoms with Crippen molar-refractivity contribution in [1.29, 1.82) is 0 Å². The van der Waals surface area contributed by atoms with E-state index in [1.165, 1.54) is 32.8 Å². The number of hydrogen-bond acceptors (Lipinski definition) is 4. The van der Waals surface area contributed by atoms with Crippen molar-refractivity contribution in [1.82, 2.24) is 5.32 Å². The van der Waals surface area contributed by atoms with E-state index >= 15 is 0 Å². The number of thioether (sulfide) groups is 1. The maximum atomic E-state index is 12.3. The Balaban J connectivity index is 1.97. The summed E-state index contributed by atoms with van der Waals surface area (Å²) in [7, 11) is 1.52. The summed E-state index contributed by atoms with van der Waals surface area (Å²) in [6.45, 7) is 5.26. The number of esters is 1. The van der Waals surface area contributed by atoms with Gasteiger partial charge in [-0.3, -0.25) is 4.79 Å². The lowest BCUT2D eigenvalue weighted by Crippen LogP contribution is -2.57. The van der Waals surface area contributed by atoms with Crippen molar-refractivity contribution in [2.75, 3.05) is 19.4 Å². The third kappa shape index (κ3) is 3.70. The van der Waals surface area contributed by atoms with Crippen molar-refractivity contribution in [2.24, 2.45) is 11.8 Å². The number of carbonyl (C=O) groups is 1. The second kappa shape index (κ2) is 7.17. The van der Waals surface area contributed by atoms with Crippen molar-refractivity contribution in [2.45, 2.75) is 63.2 Å². The topological polar surface area (TPSA) is 38.3 Å². The van der Waals surface area contributed by atoms with Crippen molar-refractivity contribution in [3.8, 4) is 0 Å². The van der Waals surface area contributed by atoms with Crippen molar-refractivity contribution >= 4 is 17.7 Å². The van der Waals surface area contributed by atoms with Crippen LogP contribution in [0.25, 0.3) is 0 Å². The predicted molar refractivity (Wildman–Crippen MR) is 85.0 cm³/mol. The fourth-order valence-electron chi connectivity index (χ4n) is 3.46. The van der Waals surface area contributed by atoms with Gasteiger partial charge in [-0.2, -0.15) is 11.8 Å². The van der Waals surface area contributed by atoms with Gasteiger partial charge in [-0.1, -0.05) is 26.7 Å². The van der Waals surface area contributed by atoms with E-state index in [1.807, 2.05) is 11.8 Å². The van der Waals surface area contributed by atoms with Crippen molar-refractivity contribution in [3.05, 3.63) is 0 Å². The molecule has 0 amide bonds. The van der Waals surface area contributed by atoms with Crippen LogP contribution < -0.4 is 5.32 Å². The van der Waals surface area contributed by atoms with Crippen LogP contribution in [-0.2, 0) is 9.53 Å². The first-order chi connectivity index (χ1) is 9.62. The summed E-state index contributed by atoms with van der Waals surface area (Å²) in [5.74, 6) is 2.13. The molecular formula is C16H29NO2S. The molecule has 116 valence electrons. The minimum atomic E-state index is -0.436. The van der Waals surface area contributed by atoms with E-state index in [-0.39, 0.29) is 5.97 Å². The maximum Gasteiger partial charge on any atom is 0.327 e. The molecule has 3 nitrogen and oxygen atoms in total. The third-order valence-electron chi connectivity index (χ3n) is 4.75. The lowest BCUT2D eigenvalue weighted by Gasteiger charge is -2.34. The third-order valence-corrected chi connectivity index (χ3v) is 6.27. The van der Waals surface area contributed by atoms with Crippen LogP contribution in [0.2, 0.25) is 0 Å². The predicted octanol–water partition coefficient (Wildman–Crippen LogP) is 3.23. The van der Waals surface area contributed by atoms with E-state index in [2.05, 4.69) is 19.2 Å². The normalized spacial score (nSPS) is 29.8. The molecule has 20 heavy (non-hydrogen) atoms. The average molecular weight is 299 g/mol. The average Bonchev–Trinajstić information content (AvgIpc) is 3.27. The molecule has 0 aromatic rings. The quantitative estimate of drug-likeness (QED) is 0.733. The van der Waals surface area contributed by atoms with Gasteiger partial charge in [0.05, 0.1) is 7.11 Å². The zero-order valence-electron chi connectivity index (χ0n) is 13.1. The molecule has 0 radical (unpaired) electrons. The Labute approximate surface area is 127 Å². The molecule has 3 unspecified atom stereocenters. The van der Waals surface area contributed by atoms with E-state index in [4.69, 9.17) is 4.74 Å². The van der Waals surface area contributed by atoms with E-state index in [0.717, 1.165) is 36.3 Å². The molecule has 4 heteroatoms. The fourth-order valence-corrected chi connectivity index (χ4v) is 5.22. The van der Waals surface area contributed by atoms with E-state index < -0.39 is 5.54 Å². The molecule has 0 aromatic heterocycles. The monoisotopic (exact) mass is 299 g/mol. The van der Waals surface area contributed by atoms with Crippen LogP contribution in [0.3, 0.4) is 0 Å². The molecule has 0 spiro atoms. The van der Waals surface area contributed by atoms with Crippen LogP contribution in [-0.4, -0.2) is 36.2 Å². The first-order valence-electron chi connectivity index (χ1n) is 8.07. The highest BCUT2D eigenvalue weighted by Gasteiger charge is 2.51. The number of carbonyl (C=O) groups excluding carboxylic acids is 1. The van der Waals surface area contributed by atoms with Crippen LogP contribution in [0, 0.1) is 11.8 Å². The SMILES string of the molecule is CCNC(CSC1CCCC(C)C1)(C(=O)OC)C1CC1. The maximum absolute atomic E-state index is 12.3. The molecule has 1 N–H and O–H groups in total. The Morgan fingerprint density at radius 2 is 2.10 bits per heavy atom. The number of rotatable bonds is 7. The summed E-state index contributed by atoms with van der Waals surface area (Å²) >= 11 is 2.00. The number of ether oxygens (including phenoxy) is 1. The Bertz CT molecular complexity index is 332. The van der Waals surface area contributed by atoms with Gasteiger partial charge in [0.2, 0.25) is 0 Å². The molecule has 2 aliphatic rings. The largest absolute Gasteiger partial charge is 0.468 e. The van der Waals surface area contributed by atoms with Crippen LogP contribution in [0.15, 0.2) is 0 Å². The molecule has 2 aliphatic carbocycles. The highest BCUT2D eigenvalue weighted by Crippen LogP contribution is 2.44. The zero-order valence-corrected chi connectivity index (χ0v) is 13.9. The Morgan fingerprint density at radius 1 is 1.35 bits per heavy atom. The van der Waals surface area contributed by atoms with E-state index in [9.17, 15) is 4.79 Å². The molecular weight excluding hydrogens is 270 g/mol. The molecule has 3 atom stereocenters. The van der Waals surface area contributed by atoms with Gasteiger partial charge in [0, 0.05) is 11.0 Å². The van der Waals surface area contributed by atoms with Crippen LogP contribution >= 0.6 is 11.8 Å². The summed E-state index contributed by atoms with van der Waals surface area (Å²) in [6, 6.07) is 0. The lowest BCUT2D eigenvalue weighted by molar-refractivity contribution is -0.148. The molecule has 0 saturated heterocycles. The van der Waals surface area contributed by atoms with E-state index in [1.54, 1.807) is 0 Å². The first kappa shape index (κ1) is 16.2. The Kier molecular flexibility index (Phi) is 5.79. The van der Waals surface area contributed by atoms with Crippen molar-refractivity contribution < 1.29 is 9.53 Å². The molecule has 2 fully saturated rings. The standard InChI is InChI=1S/C16H29NO2S/c1-4-17-16(13-8-9-13,15(18)19-3)11-20-14-7-5-6-12(2)10-14/h12-14,17H,4-11H2,1-3H3. The number of nitrogens with one attached hydrogen (secondary N) is 1. The molecule has 0 aromatic carbocycles. The number of methoxy groups -OCH3 is 1. The highest BCUT2D eigenvalue weighted by atomic mass is 32.2. The molecule has 0 aliphatic heterocycles. The van der Waals surface area contributed by atoms with E-state index in [0.29, 0.717) is 5.92 Å². The van der Waals surface area contributed by atoms with Gasteiger partial charge >= 0.3 is 5.97 Å².